The lowest BCUT2D eigenvalue weighted by Gasteiger charge is -2.06. The quantitative estimate of drug-likeness (QED) is 0.686. The van der Waals surface area contributed by atoms with Crippen LogP contribution in [0.2, 0.25) is 0 Å². The van der Waals surface area contributed by atoms with Gasteiger partial charge in [0.25, 0.3) is 0 Å². The maximum absolute atomic E-state index is 10.4. The Kier molecular flexibility index (Phi) is 3.99. The standard InChI is InChI=1S/C14H12Br2N2OS/c1-18-11-5-3-2-4-8(11)10(17-18)7-12(19)13-6-9(15)14(16)20-13/h2-6,12,19H,7H2,1H3. The van der Waals surface area contributed by atoms with Crippen molar-refractivity contribution in [2.24, 2.45) is 7.05 Å². The highest BCUT2D eigenvalue weighted by Crippen LogP contribution is 2.36. The number of aliphatic hydroxyl groups is 1. The second kappa shape index (κ2) is 5.60. The monoisotopic (exact) mass is 414 g/mol. The van der Waals surface area contributed by atoms with Crippen molar-refractivity contribution >= 4 is 54.1 Å². The lowest BCUT2D eigenvalue weighted by atomic mass is 10.1. The lowest BCUT2D eigenvalue weighted by molar-refractivity contribution is 0.181. The average Bonchev–Trinajstić information content (AvgIpc) is 2.92. The number of thiophene rings is 1. The molecule has 20 heavy (non-hydrogen) atoms. The van der Waals surface area contributed by atoms with E-state index in [1.54, 1.807) is 0 Å². The summed E-state index contributed by atoms with van der Waals surface area (Å²) in [5, 5.41) is 16.0. The zero-order valence-corrected chi connectivity index (χ0v) is 14.7. The highest BCUT2D eigenvalue weighted by atomic mass is 79.9. The van der Waals surface area contributed by atoms with Crippen molar-refractivity contribution in [3.05, 3.63) is 49.2 Å². The first-order valence-corrected chi connectivity index (χ1v) is 8.50. The van der Waals surface area contributed by atoms with Crippen molar-refractivity contribution in [2.75, 3.05) is 0 Å². The largest absolute Gasteiger partial charge is 0.387 e. The van der Waals surface area contributed by atoms with Gasteiger partial charge in [-0.05, 0) is 44.0 Å². The molecule has 2 aromatic heterocycles. The molecular formula is C14H12Br2N2OS. The summed E-state index contributed by atoms with van der Waals surface area (Å²) < 4.78 is 3.83. The van der Waals surface area contributed by atoms with Gasteiger partial charge in [0.2, 0.25) is 0 Å². The summed E-state index contributed by atoms with van der Waals surface area (Å²) >= 11 is 8.44. The molecule has 2 heterocycles. The Morgan fingerprint density at radius 3 is 2.80 bits per heavy atom. The molecule has 6 heteroatoms. The van der Waals surface area contributed by atoms with Crippen molar-refractivity contribution in [3.8, 4) is 0 Å². The van der Waals surface area contributed by atoms with Crippen LogP contribution in [0.25, 0.3) is 10.9 Å². The van der Waals surface area contributed by atoms with E-state index in [0.29, 0.717) is 6.42 Å². The molecule has 1 unspecified atom stereocenters. The first-order chi connectivity index (χ1) is 9.56. The second-order valence-electron chi connectivity index (χ2n) is 4.58. The highest BCUT2D eigenvalue weighted by molar-refractivity contribution is 9.13. The molecule has 0 bridgehead atoms. The van der Waals surface area contributed by atoms with E-state index in [2.05, 4.69) is 37.0 Å². The van der Waals surface area contributed by atoms with Gasteiger partial charge in [0.05, 0.1) is 21.1 Å². The van der Waals surface area contributed by atoms with E-state index in [9.17, 15) is 5.11 Å². The van der Waals surface area contributed by atoms with Crippen LogP contribution in [0.4, 0.5) is 0 Å². The molecule has 0 aliphatic carbocycles. The number of halogens is 2. The Labute approximate surface area is 137 Å². The zero-order chi connectivity index (χ0) is 14.3. The molecule has 3 nitrogen and oxygen atoms in total. The fourth-order valence-corrected chi connectivity index (χ4v) is 4.33. The predicted octanol–water partition coefficient (Wildman–Crippen LogP) is 4.44. The van der Waals surface area contributed by atoms with E-state index in [1.165, 1.54) is 11.3 Å². The smallest absolute Gasteiger partial charge is 0.0938 e. The molecule has 1 aromatic carbocycles. The third kappa shape index (κ3) is 2.57. The number of aromatic nitrogens is 2. The number of benzene rings is 1. The first kappa shape index (κ1) is 14.3. The normalized spacial score (nSPS) is 13.0. The SMILES string of the molecule is Cn1nc(CC(O)c2cc(Br)c(Br)s2)c2ccccc21. The van der Waals surface area contributed by atoms with E-state index in [-0.39, 0.29) is 0 Å². The number of rotatable bonds is 3. The topological polar surface area (TPSA) is 38.0 Å². The average molecular weight is 416 g/mol. The number of aryl methyl sites for hydroxylation is 1. The van der Waals surface area contributed by atoms with Crippen molar-refractivity contribution in [1.82, 2.24) is 9.78 Å². The summed E-state index contributed by atoms with van der Waals surface area (Å²) in [5.74, 6) is 0. The maximum Gasteiger partial charge on any atom is 0.0938 e. The van der Waals surface area contributed by atoms with Crippen LogP contribution >= 0.6 is 43.2 Å². The minimum atomic E-state index is -0.541. The first-order valence-electron chi connectivity index (χ1n) is 6.09. The number of hydrogen-bond donors (Lipinski definition) is 1. The van der Waals surface area contributed by atoms with Gasteiger partial charge >= 0.3 is 0 Å². The van der Waals surface area contributed by atoms with E-state index < -0.39 is 6.10 Å². The van der Waals surface area contributed by atoms with E-state index in [0.717, 1.165) is 29.7 Å². The minimum absolute atomic E-state index is 0.515. The highest BCUT2D eigenvalue weighted by Gasteiger charge is 2.17. The number of nitrogens with zero attached hydrogens (tertiary/aromatic N) is 2. The summed E-state index contributed by atoms with van der Waals surface area (Å²) in [4.78, 5) is 0.929. The summed E-state index contributed by atoms with van der Waals surface area (Å²) in [7, 11) is 1.93. The third-order valence-electron chi connectivity index (χ3n) is 3.21. The molecule has 104 valence electrons. The van der Waals surface area contributed by atoms with Crippen LogP contribution in [-0.4, -0.2) is 14.9 Å². The van der Waals surface area contributed by atoms with E-state index in [4.69, 9.17) is 0 Å². The van der Waals surface area contributed by atoms with Crippen LogP contribution < -0.4 is 0 Å². The maximum atomic E-state index is 10.4. The van der Waals surface area contributed by atoms with Gasteiger partial charge in [-0.3, -0.25) is 4.68 Å². The van der Waals surface area contributed by atoms with Crippen molar-refractivity contribution in [2.45, 2.75) is 12.5 Å². The summed E-state index contributed by atoms with van der Waals surface area (Å²) in [5.41, 5.74) is 2.01. The van der Waals surface area contributed by atoms with Crippen molar-refractivity contribution in [3.63, 3.8) is 0 Å². The van der Waals surface area contributed by atoms with Gasteiger partial charge in [0.1, 0.15) is 0 Å². The lowest BCUT2D eigenvalue weighted by Crippen LogP contribution is -2.01. The van der Waals surface area contributed by atoms with Crippen molar-refractivity contribution in [1.29, 1.82) is 0 Å². The Morgan fingerprint density at radius 1 is 1.35 bits per heavy atom. The molecule has 0 saturated heterocycles. The second-order valence-corrected chi connectivity index (χ2v) is 7.83. The molecular weight excluding hydrogens is 404 g/mol. The molecule has 1 N–H and O–H groups in total. The molecule has 3 aromatic rings. The molecule has 0 fully saturated rings. The number of hydrogen-bond acceptors (Lipinski definition) is 3. The minimum Gasteiger partial charge on any atom is -0.387 e. The van der Waals surface area contributed by atoms with Crippen LogP contribution in [0.1, 0.15) is 16.7 Å². The molecule has 0 aliphatic heterocycles. The van der Waals surface area contributed by atoms with Gasteiger partial charge in [-0.2, -0.15) is 5.10 Å². The van der Waals surface area contributed by atoms with Crippen LogP contribution in [-0.2, 0) is 13.5 Å². The number of fused-ring (bicyclic) bond motifs is 1. The van der Waals surface area contributed by atoms with E-state index >= 15 is 0 Å². The molecule has 0 spiro atoms. The summed E-state index contributed by atoms with van der Waals surface area (Å²) in [6, 6.07) is 10.0. The third-order valence-corrected chi connectivity index (χ3v) is 6.57. The Morgan fingerprint density at radius 2 is 2.10 bits per heavy atom. The van der Waals surface area contributed by atoms with Gasteiger partial charge in [0.15, 0.2) is 0 Å². The van der Waals surface area contributed by atoms with Crippen LogP contribution in [0.15, 0.2) is 38.6 Å². The summed E-state index contributed by atoms with van der Waals surface area (Å²) in [6.07, 6.45) is -0.0262. The van der Waals surface area contributed by atoms with Crippen LogP contribution in [0.3, 0.4) is 0 Å². The van der Waals surface area contributed by atoms with Gasteiger partial charge in [-0.15, -0.1) is 11.3 Å². The fraction of sp³-hybridized carbons (Fsp3) is 0.214. The van der Waals surface area contributed by atoms with Crippen molar-refractivity contribution < 1.29 is 5.11 Å². The summed E-state index contributed by atoms with van der Waals surface area (Å²) in [6.45, 7) is 0. The predicted molar refractivity (Wildman–Crippen MR) is 89.1 cm³/mol. The number of aliphatic hydroxyl groups excluding tert-OH is 1. The van der Waals surface area contributed by atoms with E-state index in [1.807, 2.05) is 42.1 Å². The molecule has 0 radical (unpaired) electrons. The molecule has 0 aliphatic rings. The van der Waals surface area contributed by atoms with Gasteiger partial charge in [-0.25, -0.2) is 0 Å². The Bertz CT molecular complexity index is 746. The van der Waals surface area contributed by atoms with Crippen LogP contribution in [0, 0.1) is 0 Å². The zero-order valence-electron chi connectivity index (χ0n) is 10.7. The fourth-order valence-electron chi connectivity index (χ4n) is 2.25. The number of para-hydroxylation sites is 1. The van der Waals surface area contributed by atoms with Gasteiger partial charge in [-0.1, -0.05) is 18.2 Å². The molecule has 1 atom stereocenters. The van der Waals surface area contributed by atoms with Gasteiger partial charge < -0.3 is 5.11 Å². The molecule has 0 amide bonds. The van der Waals surface area contributed by atoms with Gasteiger partial charge in [0, 0.05) is 28.2 Å². The van der Waals surface area contributed by atoms with Crippen LogP contribution in [0.5, 0.6) is 0 Å². The molecule has 0 saturated carbocycles. The Hall–Kier alpha value is -0.690. The Balaban J connectivity index is 1.93. The molecule has 3 rings (SSSR count).